The number of halogens is 1. The average Bonchev–Trinajstić information content (AvgIpc) is 3.15. The number of rotatable bonds is 4. The van der Waals surface area contributed by atoms with Crippen molar-refractivity contribution < 1.29 is 9.18 Å². The lowest BCUT2D eigenvalue weighted by Gasteiger charge is -2.20. The second-order valence-electron chi connectivity index (χ2n) is 7.14. The summed E-state index contributed by atoms with van der Waals surface area (Å²) in [7, 11) is 0. The van der Waals surface area contributed by atoms with E-state index in [4.69, 9.17) is 0 Å². The van der Waals surface area contributed by atoms with Gasteiger partial charge in [-0.25, -0.2) is 9.37 Å². The summed E-state index contributed by atoms with van der Waals surface area (Å²) in [6.45, 7) is 5.41. The number of carbonyl (C=O) groups is 1. The molecule has 4 rings (SSSR count). The van der Waals surface area contributed by atoms with Crippen molar-refractivity contribution in [2.45, 2.75) is 27.3 Å². The number of anilines is 1. The molecule has 0 spiro atoms. The number of fused-ring (bicyclic) bond motifs is 1. The van der Waals surface area contributed by atoms with Crippen molar-refractivity contribution in [3.05, 3.63) is 92.6 Å². The van der Waals surface area contributed by atoms with Gasteiger partial charge in [0.25, 0.3) is 17.2 Å². The predicted molar refractivity (Wildman–Crippen MR) is 111 cm³/mol. The first-order valence-electron chi connectivity index (χ1n) is 9.43. The van der Waals surface area contributed by atoms with Crippen LogP contribution in [-0.4, -0.2) is 25.5 Å². The lowest BCUT2D eigenvalue weighted by molar-refractivity contribution is 0.0983. The van der Waals surface area contributed by atoms with Crippen molar-refractivity contribution in [2.24, 2.45) is 0 Å². The Kier molecular flexibility index (Phi) is 4.91. The molecule has 0 saturated carbocycles. The Balaban J connectivity index is 1.84. The molecule has 0 atom stereocenters. The van der Waals surface area contributed by atoms with Crippen molar-refractivity contribution >= 4 is 17.6 Å². The molecule has 1 amide bonds. The number of nitrogens with zero attached hydrogens (tertiary/aromatic N) is 4. The van der Waals surface area contributed by atoms with E-state index >= 15 is 0 Å². The molecular weight excluding hydrogens is 385 g/mol. The van der Waals surface area contributed by atoms with Crippen LogP contribution in [0.3, 0.4) is 0 Å². The molecule has 2 heterocycles. The van der Waals surface area contributed by atoms with E-state index in [1.807, 2.05) is 19.1 Å². The number of benzene rings is 2. The highest BCUT2D eigenvalue weighted by Gasteiger charge is 2.24. The van der Waals surface area contributed by atoms with Crippen LogP contribution in [-0.2, 0) is 6.54 Å². The summed E-state index contributed by atoms with van der Waals surface area (Å²) in [5.74, 6) is -0.291. The van der Waals surface area contributed by atoms with Crippen molar-refractivity contribution in [1.29, 1.82) is 0 Å². The molecule has 2 aromatic carbocycles. The summed E-state index contributed by atoms with van der Waals surface area (Å²) in [6, 6.07) is 13.1. The van der Waals surface area contributed by atoms with Crippen LogP contribution in [0.1, 0.15) is 32.7 Å². The molecule has 0 unspecified atom stereocenters. The summed E-state index contributed by atoms with van der Waals surface area (Å²) in [5.41, 5.74) is 2.83. The van der Waals surface area contributed by atoms with E-state index in [0.717, 1.165) is 5.56 Å². The average molecular weight is 405 g/mol. The molecule has 0 saturated heterocycles. The van der Waals surface area contributed by atoms with E-state index in [1.165, 1.54) is 21.5 Å². The first-order chi connectivity index (χ1) is 14.3. The van der Waals surface area contributed by atoms with Crippen LogP contribution in [0.5, 0.6) is 0 Å². The lowest BCUT2D eigenvalue weighted by atomic mass is 10.1. The van der Waals surface area contributed by atoms with E-state index in [2.05, 4.69) is 15.1 Å². The van der Waals surface area contributed by atoms with Crippen LogP contribution in [0.4, 0.5) is 10.3 Å². The largest absolute Gasteiger partial charge is 0.277 e. The molecule has 0 aliphatic carbocycles. The number of aromatic nitrogens is 4. The van der Waals surface area contributed by atoms with Gasteiger partial charge in [0.15, 0.2) is 0 Å². The summed E-state index contributed by atoms with van der Waals surface area (Å²) >= 11 is 0. The Bertz CT molecular complexity index is 1310. The minimum Gasteiger partial charge on any atom is -0.272 e. The molecule has 0 fully saturated rings. The molecular formula is C22H20FN5O2. The molecule has 2 aromatic heterocycles. The van der Waals surface area contributed by atoms with Crippen LogP contribution in [0, 0.1) is 26.6 Å². The van der Waals surface area contributed by atoms with Crippen molar-refractivity contribution in [3.8, 4) is 0 Å². The predicted octanol–water partition coefficient (Wildman–Crippen LogP) is 3.33. The van der Waals surface area contributed by atoms with Crippen LogP contribution in [0.25, 0.3) is 5.78 Å². The van der Waals surface area contributed by atoms with Gasteiger partial charge in [-0.05, 0) is 50.1 Å². The molecule has 7 nitrogen and oxygen atoms in total. The van der Waals surface area contributed by atoms with Gasteiger partial charge in [0.2, 0.25) is 5.95 Å². The second kappa shape index (κ2) is 7.55. The third-order valence-corrected chi connectivity index (χ3v) is 5.08. The first-order valence-corrected chi connectivity index (χ1v) is 9.43. The molecule has 0 aliphatic heterocycles. The van der Waals surface area contributed by atoms with Gasteiger partial charge in [0.1, 0.15) is 5.82 Å². The van der Waals surface area contributed by atoms with Gasteiger partial charge < -0.3 is 0 Å². The maximum atomic E-state index is 13.4. The Labute approximate surface area is 171 Å². The highest BCUT2D eigenvalue weighted by Crippen LogP contribution is 2.19. The van der Waals surface area contributed by atoms with E-state index in [9.17, 15) is 14.0 Å². The van der Waals surface area contributed by atoms with Gasteiger partial charge in [-0.1, -0.05) is 30.3 Å². The number of amides is 1. The minimum atomic E-state index is -0.360. The van der Waals surface area contributed by atoms with Crippen LogP contribution >= 0.6 is 0 Å². The fourth-order valence-corrected chi connectivity index (χ4v) is 3.19. The first kappa shape index (κ1) is 19.5. The summed E-state index contributed by atoms with van der Waals surface area (Å²) in [6.07, 6.45) is 0. The number of nitrogens with one attached hydrogen (secondary N) is 1. The third kappa shape index (κ3) is 3.47. The molecule has 4 aromatic rings. The van der Waals surface area contributed by atoms with E-state index < -0.39 is 0 Å². The summed E-state index contributed by atoms with van der Waals surface area (Å²) in [5, 5.41) is 2.90. The standard InChI is InChI=1S/C22H20FN5O2/c1-13-6-4-5-7-18(13)20(30)27(12-16-8-10-17(23)11-9-16)22-25-21-24-15(3)14(2)19(29)28(21)26-22/h4-11H,12H2,1-3H3,(H,24,25,26). The SMILES string of the molecule is Cc1ccccc1C(=O)N(Cc1ccc(F)cc1)c1nc2nc(C)c(C)c(=O)n2[nH]1. The van der Waals surface area contributed by atoms with Gasteiger partial charge in [0, 0.05) is 16.8 Å². The summed E-state index contributed by atoms with van der Waals surface area (Å²) < 4.78 is 14.6. The Morgan fingerprint density at radius 2 is 1.77 bits per heavy atom. The molecule has 8 heteroatoms. The highest BCUT2D eigenvalue weighted by molar-refractivity contribution is 6.06. The molecule has 0 aliphatic rings. The third-order valence-electron chi connectivity index (χ3n) is 5.08. The normalized spacial score (nSPS) is 11.1. The van der Waals surface area contributed by atoms with E-state index in [-0.39, 0.29) is 35.6 Å². The fraction of sp³-hybridized carbons (Fsp3) is 0.182. The van der Waals surface area contributed by atoms with Crippen molar-refractivity contribution in [1.82, 2.24) is 19.6 Å². The fourth-order valence-electron chi connectivity index (χ4n) is 3.19. The van der Waals surface area contributed by atoms with Gasteiger partial charge in [-0.3, -0.25) is 19.6 Å². The molecule has 152 valence electrons. The van der Waals surface area contributed by atoms with Crippen LogP contribution in [0.15, 0.2) is 53.3 Å². The second-order valence-corrected chi connectivity index (χ2v) is 7.14. The molecule has 1 N–H and O–H groups in total. The molecule has 30 heavy (non-hydrogen) atoms. The zero-order valence-electron chi connectivity index (χ0n) is 16.8. The smallest absolute Gasteiger partial charge is 0.272 e. The van der Waals surface area contributed by atoms with Gasteiger partial charge >= 0.3 is 0 Å². The monoisotopic (exact) mass is 405 g/mol. The number of hydrogen-bond acceptors (Lipinski definition) is 4. The number of carbonyl (C=O) groups excluding carboxylic acids is 1. The van der Waals surface area contributed by atoms with Gasteiger partial charge in [0.05, 0.1) is 6.54 Å². The minimum absolute atomic E-state index is 0.139. The zero-order chi connectivity index (χ0) is 21.4. The van der Waals surface area contributed by atoms with Crippen LogP contribution < -0.4 is 10.5 Å². The van der Waals surface area contributed by atoms with Crippen LogP contribution in [0.2, 0.25) is 0 Å². The Hall–Kier alpha value is -3.81. The maximum absolute atomic E-state index is 13.4. The lowest BCUT2D eigenvalue weighted by Crippen LogP contribution is -2.32. The van der Waals surface area contributed by atoms with Gasteiger partial charge in [-0.2, -0.15) is 9.50 Å². The number of hydrogen-bond donors (Lipinski definition) is 1. The quantitative estimate of drug-likeness (QED) is 0.565. The zero-order valence-corrected chi connectivity index (χ0v) is 16.8. The topological polar surface area (TPSA) is 83.4 Å². The maximum Gasteiger partial charge on any atom is 0.277 e. The van der Waals surface area contributed by atoms with E-state index in [0.29, 0.717) is 22.4 Å². The van der Waals surface area contributed by atoms with E-state index in [1.54, 1.807) is 38.1 Å². The molecule has 0 bridgehead atoms. The summed E-state index contributed by atoms with van der Waals surface area (Å²) in [4.78, 5) is 36.2. The number of aromatic amines is 1. The van der Waals surface area contributed by atoms with Crippen molar-refractivity contribution in [2.75, 3.05) is 4.90 Å². The highest BCUT2D eigenvalue weighted by atomic mass is 19.1. The molecule has 0 radical (unpaired) electrons. The Morgan fingerprint density at radius 3 is 2.47 bits per heavy atom. The van der Waals surface area contributed by atoms with Gasteiger partial charge in [-0.15, -0.1) is 0 Å². The number of H-pyrrole nitrogens is 1. The number of aryl methyl sites for hydroxylation is 2. The van der Waals surface area contributed by atoms with Crippen molar-refractivity contribution in [3.63, 3.8) is 0 Å². The Morgan fingerprint density at radius 1 is 1.07 bits per heavy atom.